The molecular weight excluding hydrogens is 767 g/mol. The zero-order valence-electron chi connectivity index (χ0n) is 35.3. The normalized spacial score (nSPS) is 19.8. The Balaban J connectivity index is 1.09. The second-order valence-corrected chi connectivity index (χ2v) is 19.2. The zero-order chi connectivity index (χ0) is 41.6. The van der Waals surface area contributed by atoms with Crippen LogP contribution in [-0.2, 0) is 10.8 Å². The van der Waals surface area contributed by atoms with E-state index in [1.165, 1.54) is 87.2 Å². The molecule has 1 nitrogen and oxygen atoms in total. The molecule has 0 fully saturated rings. The molecule has 0 saturated carbocycles. The second kappa shape index (κ2) is 13.9. The summed E-state index contributed by atoms with van der Waals surface area (Å²) < 4.78 is 2.59. The summed E-state index contributed by atoms with van der Waals surface area (Å²) in [6, 6.07) is 59.8. The van der Waals surface area contributed by atoms with Crippen LogP contribution in [0.2, 0.25) is 0 Å². The van der Waals surface area contributed by atoms with E-state index in [1.54, 1.807) is 0 Å². The van der Waals surface area contributed by atoms with Gasteiger partial charge in [-0.2, -0.15) is 0 Å². The van der Waals surface area contributed by atoms with Crippen LogP contribution in [0, 0.1) is 5.41 Å². The first-order valence-corrected chi connectivity index (χ1v) is 22.9. The maximum absolute atomic E-state index is 2.54. The molecule has 2 unspecified atom stereocenters. The molecule has 0 saturated heterocycles. The molecule has 7 aromatic carbocycles. The Morgan fingerprint density at radius 3 is 2.06 bits per heavy atom. The minimum Gasteiger partial charge on any atom is -0.310 e. The van der Waals surface area contributed by atoms with Gasteiger partial charge in [0.1, 0.15) is 0 Å². The predicted molar refractivity (Wildman–Crippen MR) is 264 cm³/mol. The van der Waals surface area contributed by atoms with E-state index < -0.39 is 5.41 Å². The number of rotatable bonds is 6. The van der Waals surface area contributed by atoms with Crippen LogP contribution >= 0.6 is 11.3 Å². The highest BCUT2D eigenvalue weighted by Crippen LogP contribution is 2.64. The average Bonchev–Trinajstić information content (AvgIpc) is 3.77. The molecule has 0 bridgehead atoms. The molecule has 8 aromatic rings. The van der Waals surface area contributed by atoms with Crippen molar-refractivity contribution in [3.8, 4) is 11.1 Å². The maximum atomic E-state index is 2.54. The average molecular weight is 814 g/mol. The largest absolute Gasteiger partial charge is 0.310 e. The Kier molecular flexibility index (Phi) is 8.30. The van der Waals surface area contributed by atoms with Crippen LogP contribution in [-0.4, -0.2) is 0 Å². The fraction of sp³-hybridized carbons (Fsp3) is 0.133. The van der Waals surface area contributed by atoms with Crippen molar-refractivity contribution >= 4 is 54.1 Å². The predicted octanol–water partition coefficient (Wildman–Crippen LogP) is 16.3. The quantitative estimate of drug-likeness (QED) is 0.162. The lowest BCUT2D eigenvalue weighted by Gasteiger charge is -2.41. The number of hydrogen-bond acceptors (Lipinski definition) is 2. The third-order valence-electron chi connectivity index (χ3n) is 14.9. The number of allylic oxidation sites excluding steroid dienone is 10. The fourth-order valence-electron chi connectivity index (χ4n) is 11.6. The number of hydrogen-bond donors (Lipinski definition) is 0. The van der Waals surface area contributed by atoms with Crippen molar-refractivity contribution in [1.29, 1.82) is 0 Å². The van der Waals surface area contributed by atoms with Crippen molar-refractivity contribution < 1.29 is 0 Å². The van der Waals surface area contributed by atoms with E-state index in [-0.39, 0.29) is 16.7 Å². The molecule has 298 valence electrons. The lowest BCUT2D eigenvalue weighted by atomic mass is 9.62. The van der Waals surface area contributed by atoms with Gasteiger partial charge in [0.25, 0.3) is 0 Å². The third kappa shape index (κ3) is 5.14. The molecule has 0 amide bonds. The Morgan fingerprint density at radius 2 is 1.27 bits per heavy atom. The Bertz CT molecular complexity index is 3210. The molecule has 0 spiro atoms. The van der Waals surface area contributed by atoms with Gasteiger partial charge < -0.3 is 4.90 Å². The first kappa shape index (κ1) is 37.1. The van der Waals surface area contributed by atoms with Gasteiger partial charge in [0, 0.05) is 42.9 Å². The maximum Gasteiger partial charge on any atom is 0.0720 e. The molecule has 4 aliphatic rings. The summed E-state index contributed by atoms with van der Waals surface area (Å²) in [4.78, 5) is 2.54. The molecule has 62 heavy (non-hydrogen) atoms. The van der Waals surface area contributed by atoms with Gasteiger partial charge in [-0.15, -0.1) is 11.3 Å². The van der Waals surface area contributed by atoms with Gasteiger partial charge in [0.05, 0.1) is 11.1 Å². The topological polar surface area (TPSA) is 3.24 Å². The van der Waals surface area contributed by atoms with Gasteiger partial charge in [-0.1, -0.05) is 197 Å². The smallest absolute Gasteiger partial charge is 0.0720 e. The van der Waals surface area contributed by atoms with Gasteiger partial charge in [-0.25, -0.2) is 0 Å². The van der Waals surface area contributed by atoms with Crippen LogP contribution in [0.3, 0.4) is 0 Å². The second-order valence-electron chi connectivity index (χ2n) is 18.1. The first-order chi connectivity index (χ1) is 30.4. The summed E-state index contributed by atoms with van der Waals surface area (Å²) >= 11 is 1.91. The van der Waals surface area contributed by atoms with Gasteiger partial charge >= 0.3 is 0 Å². The number of thiophene rings is 1. The first-order valence-electron chi connectivity index (χ1n) is 22.0. The van der Waals surface area contributed by atoms with E-state index in [4.69, 9.17) is 0 Å². The van der Waals surface area contributed by atoms with Crippen LogP contribution in [0.1, 0.15) is 72.1 Å². The fourth-order valence-corrected chi connectivity index (χ4v) is 12.8. The van der Waals surface area contributed by atoms with Crippen LogP contribution in [0.25, 0.3) is 36.9 Å². The minimum absolute atomic E-state index is 0.0421. The van der Waals surface area contributed by atoms with E-state index in [0.29, 0.717) is 0 Å². The van der Waals surface area contributed by atoms with E-state index in [2.05, 4.69) is 238 Å². The Hall–Kier alpha value is -6.74. The summed E-state index contributed by atoms with van der Waals surface area (Å²) in [7, 11) is 0. The van der Waals surface area contributed by atoms with E-state index in [0.717, 1.165) is 12.1 Å². The van der Waals surface area contributed by atoms with Crippen LogP contribution < -0.4 is 4.90 Å². The molecule has 12 rings (SSSR count). The van der Waals surface area contributed by atoms with Gasteiger partial charge in [-0.05, 0) is 104 Å². The van der Waals surface area contributed by atoms with Crippen molar-refractivity contribution in [2.75, 3.05) is 4.90 Å². The summed E-state index contributed by atoms with van der Waals surface area (Å²) in [5.41, 5.74) is 16.2. The lowest BCUT2D eigenvalue weighted by Crippen LogP contribution is -2.36. The molecule has 0 aliphatic heterocycles. The van der Waals surface area contributed by atoms with Crippen molar-refractivity contribution in [3.63, 3.8) is 0 Å². The molecular formula is C60H47NS. The summed E-state index contributed by atoms with van der Waals surface area (Å²) in [5, 5.41) is 2.63. The number of benzene rings is 7. The number of fused-ring (bicyclic) bond motifs is 9. The van der Waals surface area contributed by atoms with E-state index in [1.807, 2.05) is 11.3 Å². The van der Waals surface area contributed by atoms with Crippen molar-refractivity contribution in [2.24, 2.45) is 5.41 Å². The van der Waals surface area contributed by atoms with Crippen LogP contribution in [0.4, 0.5) is 17.1 Å². The Morgan fingerprint density at radius 1 is 0.581 bits per heavy atom. The standard InChI is InChI=1S/C60H47NS/c1-58(2)50-28-17-30-53(57(50)51-27-15-16-38-59(51,58)3)61(43-34-32-41(33-35-43)40-19-7-4-5-8-20-40)44-36-37-47-55(39-44)62-54-31-18-29-52(56(47)54)60(42-21-9-6-10-22-42)48-25-13-11-23-45(48)46-24-12-14-26-49(46)60/h4,6-39,51H,5H2,1-3H3. The zero-order valence-corrected chi connectivity index (χ0v) is 36.2. The van der Waals surface area contributed by atoms with Gasteiger partial charge in [-0.3, -0.25) is 0 Å². The summed E-state index contributed by atoms with van der Waals surface area (Å²) in [5.74, 6) is 0.255. The third-order valence-corrected chi connectivity index (χ3v) is 16.0. The van der Waals surface area contributed by atoms with Gasteiger partial charge in [0.15, 0.2) is 0 Å². The summed E-state index contributed by atoms with van der Waals surface area (Å²) in [6.45, 7) is 7.32. The number of nitrogens with zero attached hydrogens (tertiary/aromatic N) is 1. The summed E-state index contributed by atoms with van der Waals surface area (Å²) in [6.07, 6.45) is 21.4. The van der Waals surface area contributed by atoms with Crippen molar-refractivity contribution in [1.82, 2.24) is 0 Å². The molecule has 2 atom stereocenters. The molecule has 4 aliphatic carbocycles. The monoisotopic (exact) mass is 813 g/mol. The Labute approximate surface area is 369 Å². The van der Waals surface area contributed by atoms with Crippen LogP contribution in [0.15, 0.2) is 212 Å². The molecule has 1 aromatic heterocycles. The van der Waals surface area contributed by atoms with E-state index >= 15 is 0 Å². The molecule has 1 heterocycles. The van der Waals surface area contributed by atoms with Crippen molar-refractivity contribution in [2.45, 2.75) is 43.9 Å². The number of anilines is 3. The SMILES string of the molecule is CC1(C)c2cccc(N(c3ccc(C4=CC=CCC=C4)cc3)c3ccc4c(c3)sc3cccc(C5(c6ccccc6)c6ccccc6-c6ccccc65)c34)c2C2C=CC=CC21C. The highest BCUT2D eigenvalue weighted by molar-refractivity contribution is 7.25. The van der Waals surface area contributed by atoms with Gasteiger partial charge in [0.2, 0.25) is 0 Å². The lowest BCUT2D eigenvalue weighted by molar-refractivity contribution is 0.245. The van der Waals surface area contributed by atoms with E-state index in [9.17, 15) is 0 Å². The highest BCUT2D eigenvalue weighted by Gasteiger charge is 2.54. The molecule has 0 radical (unpaired) electrons. The highest BCUT2D eigenvalue weighted by atomic mass is 32.1. The van der Waals surface area contributed by atoms with Crippen molar-refractivity contribution in [3.05, 3.63) is 251 Å². The minimum atomic E-state index is -0.474. The van der Waals surface area contributed by atoms with Crippen LogP contribution in [0.5, 0.6) is 0 Å². The molecule has 0 N–H and O–H groups in total. The molecule has 2 heteroatoms.